The second-order valence-corrected chi connectivity index (χ2v) is 9.02. The molecule has 2 N–H and O–H groups in total. The molecule has 28 heavy (non-hydrogen) atoms. The highest BCUT2D eigenvalue weighted by molar-refractivity contribution is 7.90. The van der Waals surface area contributed by atoms with Crippen molar-refractivity contribution in [3.63, 3.8) is 0 Å². The Bertz CT molecular complexity index is 1290. The van der Waals surface area contributed by atoms with Crippen LogP contribution in [0.2, 0.25) is 0 Å². The average Bonchev–Trinajstić information content (AvgIpc) is 3.38. The standard InChI is InChI=1S/C19H20N6O2S/c1-13-2-4-15(5-3-13)28(26,27)25-9-7-16-18-17(10-21-19(16)25)22-12-24(18)23-8-6-14(20)11-23/h2-5,7,9-10,12,14H,6,8,11,20H2,1H3. The number of aryl methyl sites for hydroxylation is 1. The molecule has 0 aliphatic carbocycles. The Labute approximate surface area is 162 Å². The molecule has 0 bridgehead atoms. The molecule has 1 unspecified atom stereocenters. The van der Waals surface area contributed by atoms with Gasteiger partial charge in [-0.05, 0) is 31.5 Å². The van der Waals surface area contributed by atoms with Gasteiger partial charge in [0.05, 0.1) is 11.1 Å². The van der Waals surface area contributed by atoms with Crippen molar-refractivity contribution in [3.8, 4) is 0 Å². The van der Waals surface area contributed by atoms with E-state index in [9.17, 15) is 8.42 Å². The van der Waals surface area contributed by atoms with Crippen molar-refractivity contribution in [2.75, 3.05) is 18.1 Å². The third-order valence-electron chi connectivity index (χ3n) is 5.25. The number of nitrogens with two attached hydrogens (primary N) is 1. The first-order valence-corrected chi connectivity index (χ1v) is 10.6. The monoisotopic (exact) mass is 396 g/mol. The minimum Gasteiger partial charge on any atom is -0.326 e. The molecule has 1 saturated heterocycles. The molecule has 144 valence electrons. The Morgan fingerprint density at radius 3 is 2.64 bits per heavy atom. The summed E-state index contributed by atoms with van der Waals surface area (Å²) in [5.41, 5.74) is 9.01. The molecule has 5 rings (SSSR count). The number of hydrogen-bond acceptors (Lipinski definition) is 6. The molecule has 3 aromatic heterocycles. The summed E-state index contributed by atoms with van der Waals surface area (Å²) in [6, 6.07) is 8.72. The van der Waals surface area contributed by atoms with Crippen LogP contribution < -0.4 is 10.7 Å². The first-order chi connectivity index (χ1) is 13.4. The molecule has 0 spiro atoms. The average molecular weight is 396 g/mol. The van der Waals surface area contributed by atoms with Gasteiger partial charge in [0.1, 0.15) is 17.4 Å². The van der Waals surface area contributed by atoms with Crippen LogP contribution in [0.25, 0.3) is 22.1 Å². The van der Waals surface area contributed by atoms with E-state index < -0.39 is 10.0 Å². The minimum absolute atomic E-state index is 0.126. The quantitative estimate of drug-likeness (QED) is 0.565. The molecule has 0 amide bonds. The topological polar surface area (TPSA) is 99.0 Å². The fourth-order valence-electron chi connectivity index (χ4n) is 3.74. The number of aromatic nitrogens is 4. The molecule has 8 nitrogen and oxygen atoms in total. The molecule has 1 atom stereocenters. The number of benzene rings is 1. The van der Waals surface area contributed by atoms with Gasteiger partial charge in [-0.15, -0.1) is 0 Å². The lowest BCUT2D eigenvalue weighted by atomic mass is 10.2. The van der Waals surface area contributed by atoms with E-state index in [4.69, 9.17) is 5.73 Å². The van der Waals surface area contributed by atoms with Gasteiger partial charge in [0.2, 0.25) is 0 Å². The summed E-state index contributed by atoms with van der Waals surface area (Å²) in [5, 5.41) is 2.87. The van der Waals surface area contributed by atoms with E-state index in [2.05, 4.69) is 15.0 Å². The van der Waals surface area contributed by atoms with Gasteiger partial charge >= 0.3 is 0 Å². The van der Waals surface area contributed by atoms with E-state index in [0.717, 1.165) is 41.5 Å². The van der Waals surface area contributed by atoms with Crippen molar-refractivity contribution < 1.29 is 8.42 Å². The number of imidazole rings is 1. The summed E-state index contributed by atoms with van der Waals surface area (Å²) >= 11 is 0. The van der Waals surface area contributed by atoms with Gasteiger partial charge in [0.25, 0.3) is 10.0 Å². The number of rotatable bonds is 3. The molecular formula is C19H20N6O2S. The predicted molar refractivity (Wildman–Crippen MR) is 107 cm³/mol. The molecule has 0 saturated carbocycles. The number of hydrogen-bond donors (Lipinski definition) is 1. The SMILES string of the molecule is Cc1ccc(S(=O)(=O)n2ccc3c4c(cnc32)ncn4N2CCC(N)C2)cc1. The van der Waals surface area contributed by atoms with Crippen molar-refractivity contribution in [2.24, 2.45) is 5.73 Å². The maximum Gasteiger partial charge on any atom is 0.269 e. The summed E-state index contributed by atoms with van der Waals surface area (Å²) in [7, 11) is -3.74. The molecule has 9 heteroatoms. The van der Waals surface area contributed by atoms with Crippen LogP contribution in [-0.4, -0.2) is 46.2 Å². The summed E-state index contributed by atoms with van der Waals surface area (Å²) in [5.74, 6) is 0. The summed E-state index contributed by atoms with van der Waals surface area (Å²) in [6.07, 6.45) is 5.83. The molecule has 1 aromatic carbocycles. The molecule has 1 fully saturated rings. The highest BCUT2D eigenvalue weighted by Gasteiger charge is 2.24. The summed E-state index contributed by atoms with van der Waals surface area (Å²) in [4.78, 5) is 9.07. The van der Waals surface area contributed by atoms with E-state index in [0.29, 0.717) is 5.65 Å². The van der Waals surface area contributed by atoms with Gasteiger partial charge < -0.3 is 10.7 Å². The maximum absolute atomic E-state index is 13.2. The Balaban J connectivity index is 1.69. The largest absolute Gasteiger partial charge is 0.326 e. The van der Waals surface area contributed by atoms with Crippen LogP contribution in [0.5, 0.6) is 0 Å². The van der Waals surface area contributed by atoms with E-state index in [1.165, 1.54) is 3.97 Å². The number of fused-ring (bicyclic) bond motifs is 3. The summed E-state index contributed by atoms with van der Waals surface area (Å²) < 4.78 is 29.5. The lowest BCUT2D eigenvalue weighted by Gasteiger charge is -2.20. The smallest absolute Gasteiger partial charge is 0.269 e. The Morgan fingerprint density at radius 2 is 1.93 bits per heavy atom. The van der Waals surface area contributed by atoms with E-state index >= 15 is 0 Å². The fourth-order valence-corrected chi connectivity index (χ4v) is 5.05. The third-order valence-corrected chi connectivity index (χ3v) is 6.93. The van der Waals surface area contributed by atoms with Crippen LogP contribution in [0.3, 0.4) is 0 Å². The van der Waals surface area contributed by atoms with Crippen molar-refractivity contribution in [1.82, 2.24) is 18.6 Å². The van der Waals surface area contributed by atoms with Gasteiger partial charge in [-0.3, -0.25) is 0 Å². The van der Waals surface area contributed by atoms with Crippen molar-refractivity contribution in [2.45, 2.75) is 24.3 Å². The highest BCUT2D eigenvalue weighted by Crippen LogP contribution is 2.27. The second kappa shape index (κ2) is 6.05. The first-order valence-electron chi connectivity index (χ1n) is 9.11. The predicted octanol–water partition coefficient (Wildman–Crippen LogP) is 1.60. The van der Waals surface area contributed by atoms with E-state index in [-0.39, 0.29) is 10.9 Å². The zero-order chi connectivity index (χ0) is 19.5. The molecular weight excluding hydrogens is 376 g/mol. The van der Waals surface area contributed by atoms with Crippen LogP contribution >= 0.6 is 0 Å². The van der Waals surface area contributed by atoms with Gasteiger partial charge in [-0.1, -0.05) is 17.7 Å². The number of nitrogens with zero attached hydrogens (tertiary/aromatic N) is 5. The van der Waals surface area contributed by atoms with Gasteiger partial charge in [-0.25, -0.2) is 27.0 Å². The van der Waals surface area contributed by atoms with Gasteiger partial charge in [-0.2, -0.15) is 0 Å². The minimum atomic E-state index is -3.74. The maximum atomic E-state index is 13.2. The zero-order valence-electron chi connectivity index (χ0n) is 15.4. The Hall–Kier alpha value is -2.91. The van der Waals surface area contributed by atoms with Crippen LogP contribution in [0.15, 0.2) is 53.9 Å². The third kappa shape index (κ3) is 2.50. The highest BCUT2D eigenvalue weighted by atomic mass is 32.2. The van der Waals surface area contributed by atoms with Crippen molar-refractivity contribution >= 4 is 32.1 Å². The van der Waals surface area contributed by atoms with Crippen molar-refractivity contribution in [3.05, 3.63) is 54.6 Å². The van der Waals surface area contributed by atoms with E-state index in [1.54, 1.807) is 49.1 Å². The lowest BCUT2D eigenvalue weighted by molar-refractivity contribution is 0.589. The first kappa shape index (κ1) is 17.2. The fraction of sp³-hybridized carbons (Fsp3) is 0.263. The molecule has 4 heterocycles. The molecule has 1 aliphatic rings. The normalized spacial score (nSPS) is 17.8. The molecule has 0 radical (unpaired) electrons. The van der Waals surface area contributed by atoms with Gasteiger partial charge in [0, 0.05) is 30.7 Å². The Morgan fingerprint density at radius 1 is 1.14 bits per heavy atom. The second-order valence-electron chi connectivity index (χ2n) is 7.21. The van der Waals surface area contributed by atoms with Crippen molar-refractivity contribution in [1.29, 1.82) is 0 Å². The zero-order valence-corrected chi connectivity index (χ0v) is 16.2. The number of pyridine rings is 1. The van der Waals surface area contributed by atoms with Crippen LogP contribution in [0.1, 0.15) is 12.0 Å². The molecule has 4 aromatic rings. The van der Waals surface area contributed by atoms with Crippen LogP contribution in [-0.2, 0) is 10.0 Å². The van der Waals surface area contributed by atoms with Crippen LogP contribution in [0.4, 0.5) is 0 Å². The molecule has 1 aliphatic heterocycles. The van der Waals surface area contributed by atoms with E-state index in [1.807, 2.05) is 11.6 Å². The summed E-state index contributed by atoms with van der Waals surface area (Å²) in [6.45, 7) is 3.49. The Kier molecular flexibility index (Phi) is 3.72. The van der Waals surface area contributed by atoms with Gasteiger partial charge in [0.15, 0.2) is 5.65 Å². The lowest BCUT2D eigenvalue weighted by Crippen LogP contribution is -2.34. The van der Waals surface area contributed by atoms with Crippen LogP contribution in [0, 0.1) is 6.92 Å².